The SMILES string of the molecule is CC(N)CSCc1nc(-c2ccc(Cl)cc2)no1. The molecule has 0 aliphatic heterocycles. The van der Waals surface area contributed by atoms with Gasteiger partial charge in [-0.1, -0.05) is 16.8 Å². The predicted octanol–water partition coefficient (Wildman–Crippen LogP) is 2.97. The van der Waals surface area contributed by atoms with Crippen LogP contribution in [0.1, 0.15) is 12.8 Å². The van der Waals surface area contributed by atoms with Gasteiger partial charge in [0.05, 0.1) is 5.75 Å². The van der Waals surface area contributed by atoms with Gasteiger partial charge >= 0.3 is 0 Å². The second-order valence-electron chi connectivity index (χ2n) is 4.01. The largest absolute Gasteiger partial charge is 0.338 e. The second-order valence-corrected chi connectivity index (χ2v) is 5.48. The van der Waals surface area contributed by atoms with Crippen LogP contribution in [0.3, 0.4) is 0 Å². The van der Waals surface area contributed by atoms with E-state index in [9.17, 15) is 0 Å². The third kappa shape index (κ3) is 3.73. The standard InChI is InChI=1S/C12H14ClN3OS/c1-8(14)6-18-7-11-15-12(16-17-11)9-2-4-10(13)5-3-9/h2-5,8H,6-7,14H2,1H3. The molecule has 0 amide bonds. The monoisotopic (exact) mass is 283 g/mol. The van der Waals surface area contributed by atoms with Crippen LogP contribution in [0.4, 0.5) is 0 Å². The first kappa shape index (κ1) is 13.4. The summed E-state index contributed by atoms with van der Waals surface area (Å²) in [4.78, 5) is 4.32. The van der Waals surface area contributed by atoms with Gasteiger partial charge in [-0.15, -0.1) is 0 Å². The summed E-state index contributed by atoms with van der Waals surface area (Å²) < 4.78 is 5.18. The summed E-state index contributed by atoms with van der Waals surface area (Å²) in [5, 5.41) is 4.63. The van der Waals surface area contributed by atoms with E-state index in [0.29, 0.717) is 22.5 Å². The van der Waals surface area contributed by atoms with Crippen LogP contribution in [0.25, 0.3) is 11.4 Å². The van der Waals surface area contributed by atoms with E-state index in [-0.39, 0.29) is 6.04 Å². The molecule has 0 fully saturated rings. The highest BCUT2D eigenvalue weighted by atomic mass is 35.5. The molecule has 1 aromatic carbocycles. The van der Waals surface area contributed by atoms with Crippen molar-refractivity contribution in [2.24, 2.45) is 5.73 Å². The van der Waals surface area contributed by atoms with Gasteiger partial charge in [0.15, 0.2) is 0 Å². The number of hydrogen-bond donors (Lipinski definition) is 1. The van der Waals surface area contributed by atoms with Crippen molar-refractivity contribution in [2.45, 2.75) is 18.7 Å². The van der Waals surface area contributed by atoms with Gasteiger partial charge in [0.25, 0.3) is 0 Å². The molecule has 4 nitrogen and oxygen atoms in total. The molecule has 2 aromatic rings. The normalized spacial score (nSPS) is 12.6. The summed E-state index contributed by atoms with van der Waals surface area (Å²) in [5.41, 5.74) is 6.56. The number of thioether (sulfide) groups is 1. The van der Waals surface area contributed by atoms with Gasteiger partial charge in [0, 0.05) is 22.4 Å². The minimum atomic E-state index is 0.175. The Hall–Kier alpha value is -1.04. The van der Waals surface area contributed by atoms with Crippen LogP contribution in [-0.2, 0) is 5.75 Å². The first-order chi connectivity index (χ1) is 8.65. The Labute approximate surface area is 115 Å². The van der Waals surface area contributed by atoms with Gasteiger partial charge < -0.3 is 10.3 Å². The smallest absolute Gasteiger partial charge is 0.236 e. The van der Waals surface area contributed by atoms with Crippen LogP contribution in [-0.4, -0.2) is 21.9 Å². The Morgan fingerprint density at radius 1 is 1.39 bits per heavy atom. The van der Waals surface area contributed by atoms with E-state index >= 15 is 0 Å². The van der Waals surface area contributed by atoms with E-state index in [2.05, 4.69) is 10.1 Å². The van der Waals surface area contributed by atoms with Crippen molar-refractivity contribution in [3.05, 3.63) is 35.2 Å². The maximum atomic E-state index is 5.82. The summed E-state index contributed by atoms with van der Waals surface area (Å²) in [6.45, 7) is 1.97. The predicted molar refractivity (Wildman–Crippen MR) is 74.6 cm³/mol. The zero-order valence-electron chi connectivity index (χ0n) is 9.97. The van der Waals surface area contributed by atoms with Crippen molar-refractivity contribution in [2.75, 3.05) is 5.75 Å². The van der Waals surface area contributed by atoms with Crippen LogP contribution in [0, 0.1) is 0 Å². The van der Waals surface area contributed by atoms with Crippen molar-refractivity contribution in [3.8, 4) is 11.4 Å². The molecule has 0 saturated carbocycles. The number of rotatable bonds is 5. The Morgan fingerprint density at radius 2 is 2.11 bits per heavy atom. The van der Waals surface area contributed by atoms with E-state index in [1.807, 2.05) is 19.1 Å². The highest BCUT2D eigenvalue weighted by Gasteiger charge is 2.08. The van der Waals surface area contributed by atoms with Crippen LogP contribution in [0.5, 0.6) is 0 Å². The van der Waals surface area contributed by atoms with Crippen molar-refractivity contribution >= 4 is 23.4 Å². The molecule has 0 aliphatic rings. The summed E-state index contributed by atoms with van der Waals surface area (Å²) in [6, 6.07) is 7.52. The molecule has 96 valence electrons. The van der Waals surface area contributed by atoms with Gasteiger partial charge in [0.2, 0.25) is 11.7 Å². The molecule has 2 rings (SSSR count). The van der Waals surface area contributed by atoms with E-state index in [1.165, 1.54) is 0 Å². The highest BCUT2D eigenvalue weighted by Crippen LogP contribution is 2.20. The van der Waals surface area contributed by atoms with Crippen LogP contribution in [0.15, 0.2) is 28.8 Å². The number of hydrogen-bond acceptors (Lipinski definition) is 5. The minimum absolute atomic E-state index is 0.175. The lowest BCUT2D eigenvalue weighted by Crippen LogP contribution is -2.17. The molecule has 0 bridgehead atoms. The fourth-order valence-electron chi connectivity index (χ4n) is 1.36. The fourth-order valence-corrected chi connectivity index (χ4v) is 2.27. The van der Waals surface area contributed by atoms with E-state index in [4.69, 9.17) is 21.9 Å². The maximum Gasteiger partial charge on any atom is 0.236 e. The molecule has 6 heteroatoms. The summed E-state index contributed by atoms with van der Waals surface area (Å²) in [5.74, 6) is 2.76. The third-order valence-electron chi connectivity index (χ3n) is 2.18. The van der Waals surface area contributed by atoms with Gasteiger partial charge in [-0.3, -0.25) is 0 Å². The van der Waals surface area contributed by atoms with Crippen LogP contribution < -0.4 is 5.73 Å². The number of nitrogens with two attached hydrogens (primary N) is 1. The third-order valence-corrected chi connectivity index (χ3v) is 3.64. The summed E-state index contributed by atoms with van der Waals surface area (Å²) >= 11 is 7.51. The molecule has 0 radical (unpaired) electrons. The molecule has 18 heavy (non-hydrogen) atoms. The van der Waals surface area contributed by atoms with E-state index < -0.39 is 0 Å². The molecular formula is C12H14ClN3OS. The van der Waals surface area contributed by atoms with Crippen molar-refractivity contribution in [3.63, 3.8) is 0 Å². The Kier molecular flexibility index (Phi) is 4.63. The highest BCUT2D eigenvalue weighted by molar-refractivity contribution is 7.98. The lowest BCUT2D eigenvalue weighted by Gasteiger charge is -2.00. The first-order valence-electron chi connectivity index (χ1n) is 5.57. The average molecular weight is 284 g/mol. The van der Waals surface area contributed by atoms with Gasteiger partial charge in [-0.2, -0.15) is 16.7 Å². The first-order valence-corrected chi connectivity index (χ1v) is 7.10. The van der Waals surface area contributed by atoms with E-state index in [0.717, 1.165) is 11.3 Å². The Bertz CT molecular complexity index is 498. The fraction of sp³-hybridized carbons (Fsp3) is 0.333. The van der Waals surface area contributed by atoms with Gasteiger partial charge in [-0.05, 0) is 31.2 Å². The Balaban J connectivity index is 1.99. The molecule has 1 heterocycles. The molecule has 2 N–H and O–H groups in total. The van der Waals surface area contributed by atoms with Gasteiger partial charge in [-0.25, -0.2) is 0 Å². The molecular weight excluding hydrogens is 270 g/mol. The minimum Gasteiger partial charge on any atom is -0.338 e. The molecule has 1 atom stereocenters. The maximum absolute atomic E-state index is 5.82. The molecule has 1 aromatic heterocycles. The summed E-state index contributed by atoms with van der Waals surface area (Å²) in [7, 11) is 0. The van der Waals surface area contributed by atoms with Crippen molar-refractivity contribution in [1.82, 2.24) is 10.1 Å². The van der Waals surface area contributed by atoms with Crippen LogP contribution >= 0.6 is 23.4 Å². The number of aromatic nitrogens is 2. The van der Waals surface area contributed by atoms with E-state index in [1.54, 1.807) is 23.9 Å². The summed E-state index contributed by atoms with van der Waals surface area (Å²) in [6.07, 6.45) is 0. The molecule has 0 saturated heterocycles. The van der Waals surface area contributed by atoms with Gasteiger partial charge in [0.1, 0.15) is 0 Å². The number of halogens is 1. The lowest BCUT2D eigenvalue weighted by atomic mass is 10.2. The average Bonchev–Trinajstić information content (AvgIpc) is 2.78. The number of benzene rings is 1. The topological polar surface area (TPSA) is 64.9 Å². The second kappa shape index (κ2) is 6.22. The quantitative estimate of drug-likeness (QED) is 0.914. The zero-order valence-corrected chi connectivity index (χ0v) is 11.5. The lowest BCUT2D eigenvalue weighted by molar-refractivity contribution is 0.391. The zero-order chi connectivity index (χ0) is 13.0. The van der Waals surface area contributed by atoms with Crippen LogP contribution in [0.2, 0.25) is 5.02 Å². The number of nitrogens with zero attached hydrogens (tertiary/aromatic N) is 2. The Morgan fingerprint density at radius 3 is 2.78 bits per heavy atom. The van der Waals surface area contributed by atoms with Crippen molar-refractivity contribution < 1.29 is 4.52 Å². The molecule has 0 aliphatic carbocycles. The van der Waals surface area contributed by atoms with Crippen molar-refractivity contribution in [1.29, 1.82) is 0 Å². The molecule has 0 spiro atoms. The molecule has 1 unspecified atom stereocenters.